The van der Waals surface area contributed by atoms with Gasteiger partial charge in [-0.3, -0.25) is 10.1 Å². The Morgan fingerprint density at radius 2 is 2.19 bits per heavy atom. The van der Waals surface area contributed by atoms with Gasteiger partial charge in [0.05, 0.1) is 5.92 Å². The van der Waals surface area contributed by atoms with Gasteiger partial charge in [-0.1, -0.05) is 13.8 Å². The summed E-state index contributed by atoms with van der Waals surface area (Å²) in [7, 11) is 0. The molecular weight excluding hydrogens is 272 g/mol. The molecule has 1 aromatic rings. The first-order valence-corrected chi connectivity index (χ1v) is 6.90. The number of carboxylic acid groups (broad SMARTS) is 1. The zero-order chi connectivity index (χ0) is 15.6. The predicted molar refractivity (Wildman–Crippen MR) is 76.7 cm³/mol. The lowest BCUT2D eigenvalue weighted by atomic mass is 9.53. The third-order valence-electron chi connectivity index (χ3n) is 4.42. The van der Waals surface area contributed by atoms with E-state index in [1.54, 1.807) is 12.1 Å². The summed E-state index contributed by atoms with van der Waals surface area (Å²) in [4.78, 5) is 23.0. The van der Waals surface area contributed by atoms with Gasteiger partial charge in [-0.2, -0.15) is 5.10 Å². The minimum Gasteiger partial charge on any atom is -0.481 e. The third kappa shape index (κ3) is 3.12. The number of carboxylic acids is 1. The molecule has 0 aliphatic heterocycles. The molecule has 1 aromatic heterocycles. The second-order valence-corrected chi connectivity index (χ2v) is 6.05. The van der Waals surface area contributed by atoms with Gasteiger partial charge in [-0.05, 0) is 36.8 Å². The third-order valence-corrected chi connectivity index (χ3v) is 4.42. The van der Waals surface area contributed by atoms with Crippen molar-refractivity contribution in [2.24, 2.45) is 17.3 Å². The zero-order valence-electron chi connectivity index (χ0n) is 12.3. The molecule has 7 heteroatoms. The molecule has 2 amide bonds. The quantitative estimate of drug-likeness (QED) is 0.784. The SMILES string of the molecule is CC(NC(=O)Nc1cccnn1)[C@@H]1C[C@H](C(=O)O)C1(C)C. The normalized spacial score (nSPS) is 24.5. The molecule has 0 aromatic carbocycles. The molecule has 7 nitrogen and oxygen atoms in total. The van der Waals surface area contributed by atoms with Crippen LogP contribution in [0.4, 0.5) is 10.6 Å². The van der Waals surface area contributed by atoms with Crippen molar-refractivity contribution in [2.45, 2.75) is 33.2 Å². The van der Waals surface area contributed by atoms with E-state index in [1.165, 1.54) is 6.20 Å². The Morgan fingerprint density at radius 3 is 2.71 bits per heavy atom. The van der Waals surface area contributed by atoms with Crippen molar-refractivity contribution in [1.82, 2.24) is 15.5 Å². The van der Waals surface area contributed by atoms with Crippen LogP contribution in [0.1, 0.15) is 27.2 Å². The lowest BCUT2D eigenvalue weighted by molar-refractivity contribution is -0.160. The van der Waals surface area contributed by atoms with Crippen LogP contribution in [0.2, 0.25) is 0 Å². The highest BCUT2D eigenvalue weighted by atomic mass is 16.4. The Bertz CT molecular complexity index is 532. The first-order chi connectivity index (χ1) is 9.82. The van der Waals surface area contributed by atoms with Crippen LogP contribution in [0.5, 0.6) is 0 Å². The Labute approximate surface area is 123 Å². The summed E-state index contributed by atoms with van der Waals surface area (Å²) < 4.78 is 0. The largest absolute Gasteiger partial charge is 0.481 e. The van der Waals surface area contributed by atoms with Crippen molar-refractivity contribution < 1.29 is 14.7 Å². The maximum atomic E-state index is 11.9. The van der Waals surface area contributed by atoms with E-state index in [-0.39, 0.29) is 29.3 Å². The van der Waals surface area contributed by atoms with Gasteiger partial charge in [0.1, 0.15) is 0 Å². The Morgan fingerprint density at radius 1 is 1.48 bits per heavy atom. The van der Waals surface area contributed by atoms with E-state index < -0.39 is 5.97 Å². The van der Waals surface area contributed by atoms with Crippen molar-refractivity contribution in [3.8, 4) is 0 Å². The van der Waals surface area contributed by atoms with Crippen LogP contribution in [0.15, 0.2) is 18.3 Å². The van der Waals surface area contributed by atoms with Crippen LogP contribution in [0.25, 0.3) is 0 Å². The number of hydrogen-bond donors (Lipinski definition) is 3. The zero-order valence-corrected chi connectivity index (χ0v) is 12.3. The van der Waals surface area contributed by atoms with E-state index in [0.717, 1.165) is 0 Å². The Kier molecular flexibility index (Phi) is 4.11. The van der Waals surface area contributed by atoms with Crippen molar-refractivity contribution in [3.63, 3.8) is 0 Å². The monoisotopic (exact) mass is 292 g/mol. The summed E-state index contributed by atoms with van der Waals surface area (Å²) in [6, 6.07) is 2.84. The van der Waals surface area contributed by atoms with Gasteiger partial charge < -0.3 is 10.4 Å². The number of nitrogens with one attached hydrogen (secondary N) is 2. The molecule has 2 rings (SSSR count). The van der Waals surface area contributed by atoms with Gasteiger partial charge in [0, 0.05) is 12.2 Å². The van der Waals surface area contributed by atoms with Gasteiger partial charge in [-0.15, -0.1) is 5.10 Å². The number of urea groups is 1. The van der Waals surface area contributed by atoms with E-state index in [0.29, 0.717) is 12.2 Å². The van der Waals surface area contributed by atoms with Crippen molar-refractivity contribution >= 4 is 17.8 Å². The second kappa shape index (κ2) is 5.67. The number of carbonyl (C=O) groups is 2. The summed E-state index contributed by atoms with van der Waals surface area (Å²) in [5.41, 5.74) is -0.328. The fourth-order valence-electron chi connectivity index (χ4n) is 3.05. The molecule has 1 saturated carbocycles. The second-order valence-electron chi connectivity index (χ2n) is 6.05. The first-order valence-electron chi connectivity index (χ1n) is 6.90. The molecule has 3 N–H and O–H groups in total. The van der Waals surface area contributed by atoms with Crippen LogP contribution >= 0.6 is 0 Å². The average Bonchev–Trinajstić information content (AvgIpc) is 2.37. The number of aliphatic carboxylic acids is 1. The minimum absolute atomic E-state index is 0.118. The number of nitrogens with zero attached hydrogens (tertiary/aromatic N) is 2. The Hall–Kier alpha value is -2.18. The summed E-state index contributed by atoms with van der Waals surface area (Å²) in [6.45, 7) is 5.75. The molecule has 21 heavy (non-hydrogen) atoms. The number of amides is 2. The molecule has 1 fully saturated rings. The standard InChI is InChI=1S/C14H20N4O3/c1-8(9-7-10(12(19)20)14(9,2)3)16-13(21)17-11-5-4-6-15-18-11/h4-6,8-10H,7H2,1-3H3,(H,19,20)(H2,16,17,18,21)/t8?,9-,10+/m0/s1. The maximum absolute atomic E-state index is 11.9. The molecule has 0 saturated heterocycles. The highest BCUT2D eigenvalue weighted by Crippen LogP contribution is 2.52. The van der Waals surface area contributed by atoms with Crippen molar-refractivity contribution in [2.75, 3.05) is 5.32 Å². The predicted octanol–water partition coefficient (Wildman–Crippen LogP) is 1.73. The number of carbonyl (C=O) groups excluding carboxylic acids is 1. The van der Waals surface area contributed by atoms with E-state index in [9.17, 15) is 9.59 Å². The van der Waals surface area contributed by atoms with E-state index >= 15 is 0 Å². The summed E-state index contributed by atoms with van der Waals surface area (Å²) >= 11 is 0. The van der Waals surface area contributed by atoms with Crippen molar-refractivity contribution in [3.05, 3.63) is 18.3 Å². The summed E-state index contributed by atoms with van der Waals surface area (Å²) in [6.07, 6.45) is 2.10. The van der Waals surface area contributed by atoms with Gasteiger partial charge >= 0.3 is 12.0 Å². The van der Waals surface area contributed by atoms with Gasteiger partial charge in [-0.25, -0.2) is 4.79 Å². The molecule has 0 radical (unpaired) electrons. The molecule has 0 bridgehead atoms. The summed E-state index contributed by atoms with van der Waals surface area (Å²) in [5, 5.41) is 22.0. The van der Waals surface area contributed by atoms with E-state index in [2.05, 4.69) is 20.8 Å². The smallest absolute Gasteiger partial charge is 0.320 e. The van der Waals surface area contributed by atoms with Crippen LogP contribution in [0, 0.1) is 17.3 Å². The molecule has 1 unspecified atom stereocenters. The number of anilines is 1. The molecular formula is C14H20N4O3. The molecule has 3 atom stereocenters. The molecule has 0 spiro atoms. The topological polar surface area (TPSA) is 104 Å². The van der Waals surface area contributed by atoms with Crippen LogP contribution in [-0.4, -0.2) is 33.3 Å². The van der Waals surface area contributed by atoms with Crippen LogP contribution in [-0.2, 0) is 4.79 Å². The number of hydrogen-bond acceptors (Lipinski definition) is 4. The molecule has 1 heterocycles. The van der Waals surface area contributed by atoms with E-state index in [4.69, 9.17) is 5.11 Å². The van der Waals surface area contributed by atoms with Gasteiger partial charge in [0.25, 0.3) is 0 Å². The molecule has 114 valence electrons. The Balaban J connectivity index is 1.89. The van der Waals surface area contributed by atoms with Crippen LogP contribution < -0.4 is 10.6 Å². The minimum atomic E-state index is -0.771. The van der Waals surface area contributed by atoms with Crippen LogP contribution in [0.3, 0.4) is 0 Å². The average molecular weight is 292 g/mol. The van der Waals surface area contributed by atoms with Gasteiger partial charge in [0.15, 0.2) is 5.82 Å². The van der Waals surface area contributed by atoms with E-state index in [1.807, 2.05) is 20.8 Å². The molecule has 1 aliphatic carbocycles. The van der Waals surface area contributed by atoms with Gasteiger partial charge in [0.2, 0.25) is 0 Å². The highest BCUT2D eigenvalue weighted by molar-refractivity contribution is 5.88. The lowest BCUT2D eigenvalue weighted by Gasteiger charge is -2.52. The first kappa shape index (κ1) is 15.2. The number of rotatable bonds is 4. The fraction of sp³-hybridized carbons (Fsp3) is 0.571. The fourth-order valence-corrected chi connectivity index (χ4v) is 3.05. The maximum Gasteiger partial charge on any atom is 0.320 e. The van der Waals surface area contributed by atoms with Crippen molar-refractivity contribution in [1.29, 1.82) is 0 Å². The lowest BCUT2D eigenvalue weighted by Crippen LogP contribution is -2.57. The molecule has 1 aliphatic rings. The summed E-state index contributed by atoms with van der Waals surface area (Å²) in [5.74, 6) is -0.619. The highest BCUT2D eigenvalue weighted by Gasteiger charge is 2.53. The number of aromatic nitrogens is 2.